The molecule has 0 unspecified atom stereocenters. The molecule has 2 aromatic rings. The van der Waals surface area contributed by atoms with Gasteiger partial charge < -0.3 is 5.73 Å². The quantitative estimate of drug-likeness (QED) is 0.701. The number of hydrogen-bond acceptors (Lipinski definition) is 3. The molecule has 20 heavy (non-hydrogen) atoms. The predicted molar refractivity (Wildman–Crippen MR) is 88.5 cm³/mol. The molecule has 0 aliphatic heterocycles. The standard InChI is InChI=1S/C12H9Br2ClN2O2S/c13-10-5-8(16)6-11(14)12(10)17-20(18,19)9-3-1-2-7(15)4-9/h1-6,17H,16H2. The van der Waals surface area contributed by atoms with E-state index in [1.165, 1.54) is 12.1 Å². The lowest BCUT2D eigenvalue weighted by molar-refractivity contribution is 0.601. The molecule has 0 aliphatic rings. The highest BCUT2D eigenvalue weighted by molar-refractivity contribution is 9.11. The molecule has 106 valence electrons. The Kier molecular flexibility index (Phi) is 4.63. The molecule has 2 aromatic carbocycles. The van der Waals surface area contributed by atoms with Crippen LogP contribution < -0.4 is 10.5 Å². The Labute approximate surface area is 138 Å². The molecule has 0 spiro atoms. The van der Waals surface area contributed by atoms with Crippen LogP contribution in [0.3, 0.4) is 0 Å². The van der Waals surface area contributed by atoms with Crippen molar-refractivity contribution in [3.63, 3.8) is 0 Å². The van der Waals surface area contributed by atoms with Crippen molar-refractivity contribution < 1.29 is 8.42 Å². The van der Waals surface area contributed by atoms with Crippen molar-refractivity contribution in [3.8, 4) is 0 Å². The molecular formula is C12H9Br2ClN2O2S. The number of benzene rings is 2. The fraction of sp³-hybridized carbons (Fsp3) is 0. The molecule has 3 N–H and O–H groups in total. The highest BCUT2D eigenvalue weighted by Gasteiger charge is 2.18. The zero-order valence-electron chi connectivity index (χ0n) is 9.90. The molecular weight excluding hydrogens is 431 g/mol. The van der Waals surface area contributed by atoms with Crippen LogP contribution in [0.1, 0.15) is 0 Å². The molecule has 0 amide bonds. The second-order valence-electron chi connectivity index (χ2n) is 3.92. The van der Waals surface area contributed by atoms with Crippen molar-refractivity contribution in [2.45, 2.75) is 4.90 Å². The fourth-order valence-electron chi connectivity index (χ4n) is 1.52. The minimum Gasteiger partial charge on any atom is -0.399 e. The monoisotopic (exact) mass is 438 g/mol. The number of anilines is 2. The maximum Gasteiger partial charge on any atom is 0.262 e. The molecule has 4 nitrogen and oxygen atoms in total. The van der Waals surface area contributed by atoms with Crippen molar-refractivity contribution >= 4 is 64.9 Å². The third-order valence-corrected chi connectivity index (χ3v) is 5.24. The zero-order valence-corrected chi connectivity index (χ0v) is 14.6. The molecule has 0 atom stereocenters. The predicted octanol–water partition coefficient (Wildman–Crippen LogP) is 4.25. The second kappa shape index (κ2) is 5.93. The van der Waals surface area contributed by atoms with E-state index in [-0.39, 0.29) is 4.90 Å². The van der Waals surface area contributed by atoms with Crippen LogP contribution in [-0.2, 0) is 10.0 Å². The molecule has 0 saturated carbocycles. The lowest BCUT2D eigenvalue weighted by Gasteiger charge is -2.12. The summed E-state index contributed by atoms with van der Waals surface area (Å²) in [7, 11) is -3.73. The average molecular weight is 441 g/mol. The van der Waals surface area contributed by atoms with Gasteiger partial charge in [-0.15, -0.1) is 0 Å². The number of sulfonamides is 1. The van der Waals surface area contributed by atoms with Crippen LogP contribution in [0.15, 0.2) is 50.2 Å². The van der Waals surface area contributed by atoms with Crippen molar-refractivity contribution in [1.82, 2.24) is 0 Å². The Morgan fingerprint density at radius 2 is 1.70 bits per heavy atom. The van der Waals surface area contributed by atoms with Crippen molar-refractivity contribution in [2.75, 3.05) is 10.5 Å². The number of rotatable bonds is 3. The molecule has 8 heteroatoms. The van der Waals surface area contributed by atoms with Crippen LogP contribution in [0.5, 0.6) is 0 Å². The summed E-state index contributed by atoms with van der Waals surface area (Å²) in [6.45, 7) is 0. The van der Waals surface area contributed by atoms with Gasteiger partial charge in [-0.1, -0.05) is 17.7 Å². The Balaban J connectivity index is 2.44. The van der Waals surface area contributed by atoms with Crippen LogP contribution >= 0.6 is 43.5 Å². The molecule has 0 saturated heterocycles. The van der Waals surface area contributed by atoms with E-state index in [2.05, 4.69) is 36.6 Å². The van der Waals surface area contributed by atoms with E-state index in [0.29, 0.717) is 25.3 Å². The fourth-order valence-corrected chi connectivity index (χ4v) is 4.60. The van der Waals surface area contributed by atoms with E-state index in [4.69, 9.17) is 17.3 Å². The first-order chi connectivity index (χ1) is 9.29. The summed E-state index contributed by atoms with van der Waals surface area (Å²) < 4.78 is 28.2. The summed E-state index contributed by atoms with van der Waals surface area (Å²) in [6.07, 6.45) is 0. The van der Waals surface area contributed by atoms with Crippen LogP contribution in [0.4, 0.5) is 11.4 Å². The van der Waals surface area contributed by atoms with Gasteiger partial charge in [-0.2, -0.15) is 0 Å². The number of hydrogen-bond donors (Lipinski definition) is 2. The molecule has 2 rings (SSSR count). The maximum absolute atomic E-state index is 12.3. The summed E-state index contributed by atoms with van der Waals surface area (Å²) >= 11 is 12.4. The first kappa shape index (κ1) is 15.6. The smallest absolute Gasteiger partial charge is 0.262 e. The first-order valence-corrected chi connectivity index (χ1v) is 8.77. The minimum atomic E-state index is -3.73. The van der Waals surface area contributed by atoms with Gasteiger partial charge in [0.25, 0.3) is 10.0 Å². The van der Waals surface area contributed by atoms with E-state index in [1.54, 1.807) is 24.3 Å². The van der Waals surface area contributed by atoms with Crippen molar-refractivity contribution in [2.24, 2.45) is 0 Å². The largest absolute Gasteiger partial charge is 0.399 e. The number of nitrogen functional groups attached to an aromatic ring is 1. The Morgan fingerprint density at radius 3 is 2.25 bits per heavy atom. The van der Waals surface area contributed by atoms with Gasteiger partial charge in [0.05, 0.1) is 10.6 Å². The first-order valence-electron chi connectivity index (χ1n) is 5.32. The Morgan fingerprint density at radius 1 is 1.10 bits per heavy atom. The van der Waals surface area contributed by atoms with Crippen LogP contribution in [-0.4, -0.2) is 8.42 Å². The van der Waals surface area contributed by atoms with Crippen molar-refractivity contribution in [1.29, 1.82) is 0 Å². The van der Waals surface area contributed by atoms with Crippen molar-refractivity contribution in [3.05, 3.63) is 50.4 Å². The Bertz CT molecular complexity index is 743. The van der Waals surface area contributed by atoms with E-state index in [0.717, 1.165) is 0 Å². The van der Waals surface area contributed by atoms with Crippen LogP contribution in [0, 0.1) is 0 Å². The summed E-state index contributed by atoms with van der Waals surface area (Å²) in [6, 6.07) is 9.25. The van der Waals surface area contributed by atoms with Gasteiger partial charge in [0.1, 0.15) is 0 Å². The van der Waals surface area contributed by atoms with Crippen LogP contribution in [0.25, 0.3) is 0 Å². The van der Waals surface area contributed by atoms with Crippen LogP contribution in [0.2, 0.25) is 5.02 Å². The third kappa shape index (κ3) is 3.46. The van der Waals surface area contributed by atoms with Gasteiger partial charge in [0, 0.05) is 19.7 Å². The van der Waals surface area contributed by atoms with Gasteiger partial charge in [0.15, 0.2) is 0 Å². The molecule has 0 radical (unpaired) electrons. The van der Waals surface area contributed by atoms with E-state index in [1.807, 2.05) is 0 Å². The molecule has 0 aromatic heterocycles. The van der Waals surface area contributed by atoms with E-state index < -0.39 is 10.0 Å². The van der Waals surface area contributed by atoms with Gasteiger partial charge in [-0.3, -0.25) is 4.72 Å². The lowest BCUT2D eigenvalue weighted by atomic mass is 10.3. The summed E-state index contributed by atoms with van der Waals surface area (Å²) in [5.74, 6) is 0. The van der Waals surface area contributed by atoms with Gasteiger partial charge in [-0.05, 0) is 62.2 Å². The summed E-state index contributed by atoms with van der Waals surface area (Å²) in [5, 5.41) is 0.350. The highest BCUT2D eigenvalue weighted by Crippen LogP contribution is 2.35. The van der Waals surface area contributed by atoms with E-state index in [9.17, 15) is 8.42 Å². The van der Waals surface area contributed by atoms with E-state index >= 15 is 0 Å². The zero-order chi connectivity index (χ0) is 14.9. The molecule has 0 heterocycles. The van der Waals surface area contributed by atoms with Gasteiger partial charge in [0.2, 0.25) is 0 Å². The summed E-state index contributed by atoms with van der Waals surface area (Å²) in [4.78, 5) is 0.0839. The lowest BCUT2D eigenvalue weighted by Crippen LogP contribution is -2.13. The normalized spacial score (nSPS) is 11.3. The van der Waals surface area contributed by atoms with Gasteiger partial charge in [-0.25, -0.2) is 8.42 Å². The number of nitrogens with one attached hydrogen (secondary N) is 1. The minimum absolute atomic E-state index is 0.0839. The number of nitrogens with two attached hydrogens (primary N) is 1. The highest BCUT2D eigenvalue weighted by atomic mass is 79.9. The summed E-state index contributed by atoms with van der Waals surface area (Å²) in [5.41, 5.74) is 6.55. The van der Waals surface area contributed by atoms with Gasteiger partial charge >= 0.3 is 0 Å². The number of halogens is 3. The third-order valence-electron chi connectivity index (χ3n) is 2.41. The average Bonchev–Trinajstić information content (AvgIpc) is 2.34. The SMILES string of the molecule is Nc1cc(Br)c(NS(=O)(=O)c2cccc(Cl)c2)c(Br)c1. The molecule has 0 fully saturated rings. The second-order valence-corrected chi connectivity index (χ2v) is 7.75. The maximum atomic E-state index is 12.3. The Hall–Kier alpha value is -0.760. The molecule has 0 aliphatic carbocycles. The molecule has 0 bridgehead atoms. The topological polar surface area (TPSA) is 72.2 Å².